The zero-order valence-electron chi connectivity index (χ0n) is 52.5. The first-order chi connectivity index (χ1) is 41.2. The van der Waals surface area contributed by atoms with Crippen molar-refractivity contribution >= 4 is 53.8 Å². The van der Waals surface area contributed by atoms with Crippen molar-refractivity contribution in [1.29, 1.82) is 0 Å². The standard InChI is InChI=1S/C15H30N6O6.C9H18N6O3.C8H17N3O3.C8H16N2O3.C7H14N2O4/c1-22-7-19(8-23-2)13-16-14(20(9-24-3)10-25-4)18-15(17-13)21(11-26-5)12-27-6;1-16-4-10-7-13-8(11-5-17-2)15-9(14-7)12-6-18-3;1-9-4-10(6-13-2)8(12)11(5-9)7-14-3;1-12-6-9-4-3-5-10(7-13-2)8(9)11;1-11-3-8-5-13-6-9(4-12-2)7(8)10/h7-12H2,1-6H3;4-6H2,1-3H3,(H3,10,11,12,13,14,15);4-7H2,1-3H3;3-7H2,1-2H3;3-6H2,1-2H3. The number of ether oxygens (including phenoxy) is 16. The number of hydrogen-bond donors (Lipinski definition) is 3. The van der Waals surface area contributed by atoms with Gasteiger partial charge in [-0.1, -0.05) is 0 Å². The van der Waals surface area contributed by atoms with Crippen molar-refractivity contribution in [2.75, 3.05) is 285 Å². The molecular weight excluding hydrogens is 1130 g/mol. The molecule has 85 heavy (non-hydrogen) atoms. The molecule has 0 spiro atoms. The van der Waals surface area contributed by atoms with Crippen LogP contribution in [0.5, 0.6) is 0 Å². The van der Waals surface area contributed by atoms with Crippen molar-refractivity contribution in [3.63, 3.8) is 0 Å². The van der Waals surface area contributed by atoms with Crippen LogP contribution in [-0.4, -0.2) is 337 Å². The lowest BCUT2D eigenvalue weighted by atomic mass is 10.3. The van der Waals surface area contributed by atoms with Gasteiger partial charge >= 0.3 is 18.1 Å². The summed E-state index contributed by atoms with van der Waals surface area (Å²) in [6, 6.07) is -0.184. The topological polar surface area (TPSA) is 345 Å². The molecular formula is C47H95N19O19. The largest absolute Gasteiger partial charge is 0.364 e. The molecule has 38 nitrogen and oxygen atoms in total. The first-order valence-electron chi connectivity index (χ1n) is 25.9. The van der Waals surface area contributed by atoms with Gasteiger partial charge in [0.25, 0.3) is 0 Å². The van der Waals surface area contributed by atoms with E-state index in [1.54, 1.807) is 127 Å². The summed E-state index contributed by atoms with van der Waals surface area (Å²) in [5.41, 5.74) is 0. The molecule has 0 saturated carbocycles. The summed E-state index contributed by atoms with van der Waals surface area (Å²) in [7, 11) is 25.5. The second-order valence-electron chi connectivity index (χ2n) is 17.5. The highest BCUT2D eigenvalue weighted by molar-refractivity contribution is 5.75. The van der Waals surface area contributed by atoms with Gasteiger partial charge in [-0.2, -0.15) is 29.9 Å². The van der Waals surface area contributed by atoms with Crippen molar-refractivity contribution in [1.82, 2.24) is 64.2 Å². The Morgan fingerprint density at radius 2 is 0.624 bits per heavy atom. The molecule has 492 valence electrons. The molecule has 3 saturated heterocycles. The molecule has 3 N–H and O–H groups in total. The van der Waals surface area contributed by atoms with Crippen molar-refractivity contribution in [2.45, 2.75) is 6.42 Å². The van der Waals surface area contributed by atoms with Crippen molar-refractivity contribution in [3.05, 3.63) is 0 Å². The number of hydrogen-bond acceptors (Lipinski definition) is 32. The molecule has 0 atom stereocenters. The second-order valence-corrected chi connectivity index (χ2v) is 17.5. The lowest BCUT2D eigenvalue weighted by Crippen LogP contribution is -2.57. The third-order valence-corrected chi connectivity index (χ3v) is 10.4. The molecule has 3 fully saturated rings. The number of anilines is 6. The maximum atomic E-state index is 11.7. The molecule has 0 unspecified atom stereocenters. The zero-order chi connectivity index (χ0) is 63.2. The Kier molecular flexibility index (Phi) is 43.6. The summed E-state index contributed by atoms with van der Waals surface area (Å²) in [6.07, 6.45) is 0.971. The molecule has 0 aromatic carbocycles. The lowest BCUT2D eigenvalue weighted by Gasteiger charge is -2.39. The van der Waals surface area contributed by atoms with E-state index in [0.717, 1.165) is 19.5 Å². The fourth-order valence-corrected chi connectivity index (χ4v) is 7.10. The number of carbonyl (C=O) groups is 3. The Balaban J connectivity index is 0.000000549. The Morgan fingerprint density at radius 1 is 0.365 bits per heavy atom. The predicted molar refractivity (Wildman–Crippen MR) is 306 cm³/mol. The predicted octanol–water partition coefficient (Wildman–Crippen LogP) is -0.203. The number of nitrogens with one attached hydrogen (secondary N) is 3. The molecule has 0 bridgehead atoms. The van der Waals surface area contributed by atoms with Crippen molar-refractivity contribution in [2.24, 2.45) is 0 Å². The van der Waals surface area contributed by atoms with E-state index in [4.69, 9.17) is 75.8 Å². The highest BCUT2D eigenvalue weighted by Gasteiger charge is 2.29. The van der Waals surface area contributed by atoms with Crippen LogP contribution in [0.15, 0.2) is 0 Å². The van der Waals surface area contributed by atoms with Gasteiger partial charge in [-0.25, -0.2) is 14.4 Å². The van der Waals surface area contributed by atoms with Gasteiger partial charge < -0.3 is 102 Å². The molecule has 6 amide bonds. The number of amides is 6. The third kappa shape index (κ3) is 30.2. The van der Waals surface area contributed by atoms with Crippen molar-refractivity contribution < 1.29 is 90.2 Å². The monoisotopic (exact) mass is 1230 g/mol. The molecule has 0 aliphatic carbocycles. The molecule has 5 rings (SSSR count). The van der Waals surface area contributed by atoms with Crippen LogP contribution in [0.4, 0.5) is 50.1 Å². The van der Waals surface area contributed by atoms with Crippen LogP contribution in [0, 0.1) is 0 Å². The van der Waals surface area contributed by atoms with Crippen LogP contribution in [0.3, 0.4) is 0 Å². The van der Waals surface area contributed by atoms with Gasteiger partial charge in [0.1, 0.15) is 114 Å². The summed E-state index contributed by atoms with van der Waals surface area (Å²) < 4.78 is 80.5. The number of aromatic nitrogens is 6. The normalized spacial score (nSPS) is 14.3. The minimum atomic E-state index is -0.130. The van der Waals surface area contributed by atoms with Gasteiger partial charge in [-0.3, -0.25) is 39.2 Å². The quantitative estimate of drug-likeness (QED) is 0.0744. The number of urea groups is 3. The van der Waals surface area contributed by atoms with E-state index in [-0.39, 0.29) is 85.4 Å². The maximum Gasteiger partial charge on any atom is 0.327 e. The van der Waals surface area contributed by atoms with E-state index in [9.17, 15) is 14.4 Å². The van der Waals surface area contributed by atoms with Crippen LogP contribution < -0.4 is 30.7 Å². The van der Waals surface area contributed by atoms with Crippen LogP contribution >= 0.6 is 0 Å². The van der Waals surface area contributed by atoms with Crippen LogP contribution in [0.2, 0.25) is 0 Å². The molecule has 0 radical (unpaired) electrons. The number of methoxy groups -OCH3 is 15. The highest BCUT2D eigenvalue weighted by atomic mass is 16.6. The summed E-state index contributed by atoms with van der Waals surface area (Å²) in [6.45, 7) is 7.40. The van der Waals surface area contributed by atoms with Crippen LogP contribution in [-0.2, 0) is 75.8 Å². The molecule has 3 aliphatic rings. The smallest absolute Gasteiger partial charge is 0.327 e. The van der Waals surface area contributed by atoms with Crippen LogP contribution in [0.25, 0.3) is 0 Å². The maximum absolute atomic E-state index is 11.7. The first kappa shape index (κ1) is 77.0. The SMILES string of the molecule is COCN(COC)c1nc(N(COC)COC)nc(N(COC)COC)n1.COCN1CCCN(COC)C1=O.COCN1CN(C)CN(COC)C1=O.COCN1COCN(COC)C1=O.COCNc1nc(NCOC)nc(NCOC)n1. The van der Waals surface area contributed by atoms with E-state index in [2.05, 4.69) is 45.9 Å². The zero-order valence-corrected chi connectivity index (χ0v) is 52.5. The van der Waals surface area contributed by atoms with E-state index in [1.807, 2.05) is 11.9 Å². The van der Waals surface area contributed by atoms with Gasteiger partial charge in [-0.05, 0) is 13.5 Å². The summed E-state index contributed by atoms with van der Waals surface area (Å²) >= 11 is 0. The van der Waals surface area contributed by atoms with Crippen molar-refractivity contribution in [3.8, 4) is 0 Å². The summed E-state index contributed by atoms with van der Waals surface area (Å²) in [5.74, 6) is 2.28. The number of carbonyl (C=O) groups excluding carboxylic acids is 3. The Bertz CT molecular complexity index is 1780. The van der Waals surface area contributed by atoms with Gasteiger partial charge in [0, 0.05) is 120 Å². The number of nitrogens with zero attached hydrogens (tertiary/aromatic N) is 16. The van der Waals surface area contributed by atoms with Gasteiger partial charge in [0.05, 0.1) is 13.3 Å². The first-order valence-corrected chi connectivity index (χ1v) is 25.9. The average molecular weight is 1230 g/mol. The molecule has 2 aromatic heterocycles. The second kappa shape index (κ2) is 48.1. The summed E-state index contributed by atoms with van der Waals surface area (Å²) in [4.78, 5) is 77.4. The molecule has 2 aromatic rings. The fraction of sp³-hybridized carbons (Fsp3) is 0.809. The van der Waals surface area contributed by atoms with Crippen LogP contribution in [0.1, 0.15) is 6.42 Å². The van der Waals surface area contributed by atoms with E-state index < -0.39 is 0 Å². The minimum absolute atomic E-state index is 0.00468. The third-order valence-electron chi connectivity index (χ3n) is 10.4. The fourth-order valence-electron chi connectivity index (χ4n) is 7.10. The van der Waals surface area contributed by atoms with Gasteiger partial charge in [0.15, 0.2) is 0 Å². The number of rotatable bonds is 36. The Labute approximate surface area is 498 Å². The Morgan fingerprint density at radius 3 is 0.894 bits per heavy atom. The van der Waals surface area contributed by atoms with E-state index in [0.29, 0.717) is 96.1 Å². The van der Waals surface area contributed by atoms with Gasteiger partial charge in [0.2, 0.25) is 35.7 Å². The Hall–Kier alpha value is -6.05. The molecule has 5 heterocycles. The molecule has 38 heteroatoms. The summed E-state index contributed by atoms with van der Waals surface area (Å²) in [5, 5.41) is 8.65. The molecule has 3 aliphatic heterocycles. The van der Waals surface area contributed by atoms with E-state index >= 15 is 0 Å². The van der Waals surface area contributed by atoms with Gasteiger partial charge in [-0.15, -0.1) is 0 Å². The van der Waals surface area contributed by atoms with E-state index in [1.165, 1.54) is 24.0 Å². The average Bonchev–Trinajstić information content (AvgIpc) is 3.68. The minimum Gasteiger partial charge on any atom is -0.364 e. The lowest BCUT2D eigenvalue weighted by molar-refractivity contribution is -0.102. The highest BCUT2D eigenvalue weighted by Crippen LogP contribution is 2.20.